The van der Waals surface area contributed by atoms with Crippen molar-refractivity contribution in [1.29, 1.82) is 0 Å². The molecule has 2 N–H and O–H groups in total. The predicted molar refractivity (Wildman–Crippen MR) is 107 cm³/mol. The van der Waals surface area contributed by atoms with Gasteiger partial charge in [0, 0.05) is 31.2 Å². The van der Waals surface area contributed by atoms with Crippen LogP contribution in [0.4, 0.5) is 4.79 Å². The summed E-state index contributed by atoms with van der Waals surface area (Å²) in [5.41, 5.74) is 4.41. The third kappa shape index (κ3) is 5.66. The lowest BCUT2D eigenvalue weighted by Gasteiger charge is -2.32. The number of urea groups is 1. The van der Waals surface area contributed by atoms with Crippen molar-refractivity contribution in [3.8, 4) is 0 Å². The highest BCUT2D eigenvalue weighted by atomic mass is 16.2. The highest BCUT2D eigenvalue weighted by Crippen LogP contribution is 2.16. The van der Waals surface area contributed by atoms with Gasteiger partial charge in [0.25, 0.3) is 5.91 Å². The summed E-state index contributed by atoms with van der Waals surface area (Å²) >= 11 is 0. The zero-order valence-corrected chi connectivity index (χ0v) is 16.0. The van der Waals surface area contributed by atoms with Crippen molar-refractivity contribution in [3.05, 3.63) is 70.8 Å². The molecule has 0 aliphatic carbocycles. The first-order chi connectivity index (χ1) is 13.0. The molecule has 1 heterocycles. The molecule has 3 rings (SSSR count). The Morgan fingerprint density at radius 1 is 1.00 bits per heavy atom. The lowest BCUT2D eigenvalue weighted by atomic mass is 10.0. The zero-order chi connectivity index (χ0) is 19.2. The number of nitrogens with zero attached hydrogens (tertiary/aromatic N) is 1. The van der Waals surface area contributed by atoms with Crippen LogP contribution in [0.15, 0.2) is 48.5 Å². The van der Waals surface area contributed by atoms with Crippen molar-refractivity contribution in [2.75, 3.05) is 13.1 Å². The quantitative estimate of drug-likeness (QED) is 0.873. The van der Waals surface area contributed by atoms with Gasteiger partial charge in [0.15, 0.2) is 0 Å². The summed E-state index contributed by atoms with van der Waals surface area (Å²) in [7, 11) is 0. The Bertz CT molecular complexity index is 776. The summed E-state index contributed by atoms with van der Waals surface area (Å²) in [6.07, 6.45) is 1.77. The largest absolute Gasteiger partial charge is 0.335 e. The van der Waals surface area contributed by atoms with Crippen LogP contribution >= 0.6 is 0 Å². The number of piperidine rings is 1. The number of benzene rings is 2. The van der Waals surface area contributed by atoms with E-state index in [4.69, 9.17) is 0 Å². The lowest BCUT2D eigenvalue weighted by molar-refractivity contribution is 0.0961. The van der Waals surface area contributed by atoms with Crippen LogP contribution in [0.2, 0.25) is 0 Å². The highest BCUT2D eigenvalue weighted by Gasteiger charge is 2.21. The van der Waals surface area contributed by atoms with Gasteiger partial charge in [0.05, 0.1) is 0 Å². The molecule has 142 valence electrons. The summed E-state index contributed by atoms with van der Waals surface area (Å²) in [6, 6.07) is 15.1. The Morgan fingerprint density at radius 3 is 2.26 bits per heavy atom. The minimum Gasteiger partial charge on any atom is -0.335 e. The van der Waals surface area contributed by atoms with Gasteiger partial charge in [0.1, 0.15) is 0 Å². The molecule has 3 amide bonds. The molecule has 0 radical (unpaired) electrons. The van der Waals surface area contributed by atoms with E-state index < -0.39 is 6.03 Å². The van der Waals surface area contributed by atoms with Gasteiger partial charge in [-0.1, -0.05) is 47.5 Å². The molecule has 0 atom stereocenters. The minimum atomic E-state index is -0.420. The van der Waals surface area contributed by atoms with Gasteiger partial charge in [0.2, 0.25) is 0 Å². The van der Waals surface area contributed by atoms with Crippen molar-refractivity contribution in [2.24, 2.45) is 0 Å². The number of nitrogens with one attached hydrogen (secondary N) is 2. The number of likely N-dealkylation sites (tertiary alicyclic amines) is 1. The Labute approximate surface area is 160 Å². The average molecular weight is 365 g/mol. The molecule has 1 aliphatic rings. The number of aryl methyl sites for hydroxylation is 2. The van der Waals surface area contributed by atoms with Crippen molar-refractivity contribution in [1.82, 2.24) is 15.5 Å². The normalized spacial score (nSPS) is 15.3. The van der Waals surface area contributed by atoms with Crippen LogP contribution in [0.25, 0.3) is 0 Å². The molecule has 1 fully saturated rings. The van der Waals surface area contributed by atoms with Gasteiger partial charge in [-0.2, -0.15) is 0 Å². The Kier molecular flexibility index (Phi) is 6.24. The summed E-state index contributed by atoms with van der Waals surface area (Å²) in [6.45, 7) is 7.06. The van der Waals surface area contributed by atoms with E-state index in [9.17, 15) is 9.59 Å². The van der Waals surface area contributed by atoms with E-state index >= 15 is 0 Å². The number of imide groups is 1. The fourth-order valence-corrected chi connectivity index (χ4v) is 3.64. The second-order valence-corrected chi connectivity index (χ2v) is 7.34. The maximum Gasteiger partial charge on any atom is 0.321 e. The van der Waals surface area contributed by atoms with E-state index in [1.165, 1.54) is 16.7 Å². The number of carbonyl (C=O) groups is 2. The van der Waals surface area contributed by atoms with E-state index in [0.717, 1.165) is 32.5 Å². The Balaban J connectivity index is 1.44. The number of hydrogen-bond acceptors (Lipinski definition) is 3. The van der Waals surface area contributed by atoms with Crippen LogP contribution in [0, 0.1) is 13.8 Å². The molecule has 0 spiro atoms. The third-order valence-corrected chi connectivity index (χ3v) is 4.87. The number of hydrogen-bond donors (Lipinski definition) is 2. The van der Waals surface area contributed by atoms with E-state index in [0.29, 0.717) is 5.56 Å². The predicted octanol–water partition coefficient (Wildman–Crippen LogP) is 3.41. The highest BCUT2D eigenvalue weighted by molar-refractivity contribution is 6.04. The van der Waals surface area contributed by atoms with Gasteiger partial charge in [-0.15, -0.1) is 0 Å². The molecule has 1 saturated heterocycles. The van der Waals surface area contributed by atoms with Crippen molar-refractivity contribution in [3.63, 3.8) is 0 Å². The number of amides is 3. The standard InChI is InChI=1S/C22H27N3O2/c1-16-12-17(2)14-18(13-16)15-25-10-8-20(9-11-25)23-22(27)24-21(26)19-6-4-3-5-7-19/h3-7,12-14,20H,8-11,15H2,1-2H3,(H2,23,24,26,27). The van der Waals surface area contributed by atoms with E-state index in [1.807, 2.05) is 6.07 Å². The molecule has 0 bridgehead atoms. The molecule has 0 unspecified atom stereocenters. The van der Waals surface area contributed by atoms with Gasteiger partial charge in [-0.3, -0.25) is 15.0 Å². The first kappa shape index (κ1) is 19.1. The van der Waals surface area contributed by atoms with Crippen molar-refractivity contribution < 1.29 is 9.59 Å². The molecule has 5 heteroatoms. The lowest BCUT2D eigenvalue weighted by Crippen LogP contribution is -2.49. The SMILES string of the molecule is Cc1cc(C)cc(CN2CCC(NC(=O)NC(=O)c3ccccc3)CC2)c1. The number of rotatable bonds is 4. The fraction of sp³-hybridized carbons (Fsp3) is 0.364. The van der Waals surface area contributed by atoms with Gasteiger partial charge >= 0.3 is 6.03 Å². The van der Waals surface area contributed by atoms with E-state index in [-0.39, 0.29) is 11.9 Å². The molecule has 1 aliphatic heterocycles. The molecule has 0 saturated carbocycles. The zero-order valence-electron chi connectivity index (χ0n) is 16.0. The maximum absolute atomic E-state index is 12.1. The second kappa shape index (κ2) is 8.82. The van der Waals surface area contributed by atoms with E-state index in [2.05, 4.69) is 47.6 Å². The van der Waals surface area contributed by atoms with Gasteiger partial charge in [-0.05, 0) is 44.4 Å². The second-order valence-electron chi connectivity index (χ2n) is 7.34. The van der Waals surface area contributed by atoms with Crippen molar-refractivity contribution in [2.45, 2.75) is 39.3 Å². The molecule has 27 heavy (non-hydrogen) atoms. The third-order valence-electron chi connectivity index (χ3n) is 4.87. The smallest absolute Gasteiger partial charge is 0.321 e. The average Bonchev–Trinajstić information content (AvgIpc) is 2.63. The molecule has 0 aromatic heterocycles. The molecule has 5 nitrogen and oxygen atoms in total. The van der Waals surface area contributed by atoms with Crippen LogP contribution < -0.4 is 10.6 Å². The van der Waals surface area contributed by atoms with Crippen LogP contribution in [0.1, 0.15) is 39.9 Å². The minimum absolute atomic E-state index is 0.101. The van der Waals surface area contributed by atoms with Crippen LogP contribution in [0.5, 0.6) is 0 Å². The molecular formula is C22H27N3O2. The van der Waals surface area contributed by atoms with Gasteiger partial charge < -0.3 is 5.32 Å². The first-order valence-corrected chi connectivity index (χ1v) is 9.46. The van der Waals surface area contributed by atoms with Crippen LogP contribution in [-0.4, -0.2) is 36.0 Å². The maximum atomic E-state index is 12.1. The van der Waals surface area contributed by atoms with E-state index in [1.54, 1.807) is 24.3 Å². The summed E-state index contributed by atoms with van der Waals surface area (Å²) in [4.78, 5) is 26.5. The molecule has 2 aromatic rings. The van der Waals surface area contributed by atoms with Crippen molar-refractivity contribution >= 4 is 11.9 Å². The first-order valence-electron chi connectivity index (χ1n) is 9.46. The molecule has 2 aromatic carbocycles. The van der Waals surface area contributed by atoms with Crippen LogP contribution in [-0.2, 0) is 6.54 Å². The Hall–Kier alpha value is -2.66. The number of carbonyl (C=O) groups excluding carboxylic acids is 2. The van der Waals surface area contributed by atoms with Crippen LogP contribution in [0.3, 0.4) is 0 Å². The Morgan fingerprint density at radius 2 is 1.63 bits per heavy atom. The monoisotopic (exact) mass is 365 g/mol. The fourth-order valence-electron chi connectivity index (χ4n) is 3.64. The summed E-state index contributed by atoms with van der Waals surface area (Å²) in [5.74, 6) is -0.375. The van der Waals surface area contributed by atoms with Gasteiger partial charge in [-0.25, -0.2) is 4.79 Å². The topological polar surface area (TPSA) is 61.4 Å². The molecular weight excluding hydrogens is 338 g/mol. The summed E-state index contributed by atoms with van der Waals surface area (Å²) in [5, 5.41) is 5.33. The summed E-state index contributed by atoms with van der Waals surface area (Å²) < 4.78 is 0.